The van der Waals surface area contributed by atoms with E-state index < -0.39 is 40.2 Å². The van der Waals surface area contributed by atoms with Crippen molar-refractivity contribution in [1.29, 1.82) is 0 Å². The van der Waals surface area contributed by atoms with E-state index in [1.54, 1.807) is 24.3 Å². The van der Waals surface area contributed by atoms with Gasteiger partial charge in [0.05, 0.1) is 23.3 Å². The Kier molecular flexibility index (Phi) is 8.20. The first-order valence-electron chi connectivity index (χ1n) is 10.1. The van der Waals surface area contributed by atoms with Crippen LogP contribution in [-0.2, 0) is 6.18 Å². The van der Waals surface area contributed by atoms with Gasteiger partial charge in [-0.25, -0.2) is 4.79 Å². The third-order valence-electron chi connectivity index (χ3n) is 5.95. The van der Waals surface area contributed by atoms with E-state index in [0.29, 0.717) is 11.3 Å². The predicted molar refractivity (Wildman–Crippen MR) is 120 cm³/mol. The summed E-state index contributed by atoms with van der Waals surface area (Å²) in [4.78, 5) is 12.2. The van der Waals surface area contributed by atoms with Crippen molar-refractivity contribution in [2.45, 2.75) is 45.9 Å². The lowest BCUT2D eigenvalue weighted by molar-refractivity contribution is -0.137. The fourth-order valence-electron chi connectivity index (χ4n) is 3.17. The zero-order valence-corrected chi connectivity index (χ0v) is 19.1. The molecule has 2 aromatic carbocycles. The van der Waals surface area contributed by atoms with Crippen molar-refractivity contribution < 1.29 is 28.2 Å². The number of aliphatic hydroxyl groups excluding tert-OH is 2. The number of carbonyl (C=O) groups excluding carboxylic acids is 1. The Morgan fingerprint density at radius 2 is 1.56 bits per heavy atom. The number of benzene rings is 2. The summed E-state index contributed by atoms with van der Waals surface area (Å²) in [5.41, 5.74) is -0.440. The van der Waals surface area contributed by atoms with Gasteiger partial charge in [0.2, 0.25) is 0 Å². The monoisotopic (exact) mass is 472 g/mol. The highest BCUT2D eigenvalue weighted by atomic mass is 35.5. The molecule has 0 radical (unpaired) electrons. The molecule has 0 aromatic heterocycles. The Bertz CT molecular complexity index is 931. The van der Waals surface area contributed by atoms with Crippen LogP contribution in [0.25, 0.3) is 0 Å². The van der Waals surface area contributed by atoms with Crippen molar-refractivity contribution in [3.05, 3.63) is 58.6 Å². The van der Waals surface area contributed by atoms with Crippen LogP contribution >= 0.6 is 11.6 Å². The molecule has 4 N–H and O–H groups in total. The first-order chi connectivity index (χ1) is 14.8. The Morgan fingerprint density at radius 3 is 2.06 bits per heavy atom. The lowest BCUT2D eigenvalue weighted by Gasteiger charge is -2.38. The molecule has 32 heavy (non-hydrogen) atoms. The number of rotatable bonds is 7. The maximum Gasteiger partial charge on any atom is 0.417 e. The minimum absolute atomic E-state index is 0.0600. The van der Waals surface area contributed by atoms with E-state index in [2.05, 4.69) is 10.6 Å². The minimum atomic E-state index is -4.64. The lowest BCUT2D eigenvalue weighted by atomic mass is 9.70. The molecule has 0 heterocycles. The maximum absolute atomic E-state index is 13.0. The van der Waals surface area contributed by atoms with Crippen LogP contribution in [0.5, 0.6) is 0 Å². The molecule has 9 heteroatoms. The van der Waals surface area contributed by atoms with Crippen LogP contribution in [0, 0.1) is 11.3 Å². The summed E-state index contributed by atoms with van der Waals surface area (Å²) in [5.74, 6) is -0.327. The highest BCUT2D eigenvalue weighted by Crippen LogP contribution is 2.38. The van der Waals surface area contributed by atoms with Crippen LogP contribution in [0.3, 0.4) is 0 Å². The number of anilines is 2. The van der Waals surface area contributed by atoms with Gasteiger partial charge >= 0.3 is 12.2 Å². The van der Waals surface area contributed by atoms with Gasteiger partial charge in [-0.1, -0.05) is 51.4 Å². The normalized spacial score (nSPS) is 14.2. The number of aliphatic hydroxyl groups is 2. The van der Waals surface area contributed by atoms with E-state index in [9.17, 15) is 28.2 Å². The standard InChI is InChI=1S/C23H28ClF3N2O3/c1-13(2)22(3,4)20(31)17(12-30)14-5-7-15(8-6-14)28-21(32)29-16-9-10-19(24)18(11-16)23(25,26)27/h5-11,13,17,20,30-31H,12H2,1-4H3,(H2,28,29,32). The highest BCUT2D eigenvalue weighted by molar-refractivity contribution is 6.31. The van der Waals surface area contributed by atoms with Crippen LogP contribution in [0.4, 0.5) is 29.3 Å². The quantitative estimate of drug-likeness (QED) is 0.391. The molecule has 0 aliphatic rings. The van der Waals surface area contributed by atoms with E-state index in [1.807, 2.05) is 27.7 Å². The molecule has 0 saturated carbocycles. The highest BCUT2D eigenvalue weighted by Gasteiger charge is 2.37. The number of halogens is 4. The fourth-order valence-corrected chi connectivity index (χ4v) is 3.40. The van der Waals surface area contributed by atoms with Gasteiger partial charge in [0.1, 0.15) is 0 Å². The zero-order valence-electron chi connectivity index (χ0n) is 18.3. The van der Waals surface area contributed by atoms with Crippen LogP contribution in [0.1, 0.15) is 44.7 Å². The van der Waals surface area contributed by atoms with Gasteiger partial charge in [-0.05, 0) is 47.2 Å². The smallest absolute Gasteiger partial charge is 0.396 e. The molecule has 2 atom stereocenters. The van der Waals surface area contributed by atoms with E-state index in [1.165, 1.54) is 6.07 Å². The summed E-state index contributed by atoms with van der Waals surface area (Å²) in [7, 11) is 0. The van der Waals surface area contributed by atoms with Crippen molar-refractivity contribution >= 4 is 29.0 Å². The summed E-state index contributed by atoms with van der Waals surface area (Å²) >= 11 is 5.58. The van der Waals surface area contributed by atoms with Crippen LogP contribution in [0.2, 0.25) is 5.02 Å². The third-order valence-corrected chi connectivity index (χ3v) is 6.28. The van der Waals surface area contributed by atoms with Gasteiger partial charge in [-0.2, -0.15) is 13.2 Å². The van der Waals surface area contributed by atoms with Crippen LogP contribution < -0.4 is 10.6 Å². The van der Waals surface area contributed by atoms with E-state index in [0.717, 1.165) is 12.1 Å². The number of alkyl halides is 3. The molecule has 0 aliphatic heterocycles. The average molecular weight is 473 g/mol. The van der Waals surface area contributed by atoms with Crippen molar-refractivity contribution in [3.8, 4) is 0 Å². The van der Waals surface area contributed by atoms with Crippen molar-refractivity contribution in [2.24, 2.45) is 11.3 Å². The van der Waals surface area contributed by atoms with E-state index in [-0.39, 0.29) is 18.2 Å². The van der Waals surface area contributed by atoms with E-state index in [4.69, 9.17) is 11.6 Å². The average Bonchev–Trinajstić information content (AvgIpc) is 2.70. The van der Waals surface area contributed by atoms with Crippen LogP contribution in [-0.4, -0.2) is 29.0 Å². The van der Waals surface area contributed by atoms with Crippen LogP contribution in [0.15, 0.2) is 42.5 Å². The van der Waals surface area contributed by atoms with E-state index >= 15 is 0 Å². The second kappa shape index (κ2) is 10.1. The summed E-state index contributed by atoms with van der Waals surface area (Å²) in [6, 6.07) is 8.91. The van der Waals surface area contributed by atoms with Gasteiger partial charge in [-0.15, -0.1) is 0 Å². The number of urea groups is 1. The first kappa shape index (κ1) is 26.0. The summed E-state index contributed by atoms with van der Waals surface area (Å²) in [5, 5.41) is 25.1. The second-order valence-electron chi connectivity index (χ2n) is 8.60. The molecule has 0 saturated heterocycles. The topological polar surface area (TPSA) is 81.6 Å². The largest absolute Gasteiger partial charge is 0.417 e. The molecular weight excluding hydrogens is 445 g/mol. The van der Waals surface area contributed by atoms with Crippen molar-refractivity contribution in [1.82, 2.24) is 0 Å². The molecule has 5 nitrogen and oxygen atoms in total. The molecule has 0 aliphatic carbocycles. The number of carbonyl (C=O) groups is 1. The van der Waals surface area contributed by atoms with Gasteiger partial charge in [0.15, 0.2) is 0 Å². The lowest BCUT2D eigenvalue weighted by Crippen LogP contribution is -2.40. The molecular formula is C23H28ClF3N2O3. The summed E-state index contributed by atoms with van der Waals surface area (Å²) in [6.07, 6.45) is -5.43. The SMILES string of the molecule is CC(C)C(C)(C)C(O)C(CO)c1ccc(NC(=O)Nc2ccc(Cl)c(C(F)(F)F)c2)cc1. The molecule has 2 aromatic rings. The van der Waals surface area contributed by atoms with Gasteiger partial charge in [-0.3, -0.25) is 0 Å². The number of hydrogen-bond donors (Lipinski definition) is 4. The molecule has 176 valence electrons. The molecule has 2 unspecified atom stereocenters. The predicted octanol–water partition coefficient (Wildman–Crippen LogP) is 6.12. The van der Waals surface area contributed by atoms with Gasteiger partial charge in [0, 0.05) is 17.3 Å². The number of nitrogens with one attached hydrogen (secondary N) is 2. The molecule has 2 amide bonds. The number of amides is 2. The molecule has 0 bridgehead atoms. The first-order valence-corrected chi connectivity index (χ1v) is 10.5. The van der Waals surface area contributed by atoms with Crippen molar-refractivity contribution in [3.63, 3.8) is 0 Å². The molecule has 2 rings (SSSR count). The summed E-state index contributed by atoms with van der Waals surface area (Å²) < 4.78 is 38.9. The minimum Gasteiger partial charge on any atom is -0.396 e. The Hall–Kier alpha value is -2.29. The molecule has 0 fully saturated rings. The molecule has 0 spiro atoms. The summed E-state index contributed by atoms with van der Waals surface area (Å²) in [6.45, 7) is 7.63. The van der Waals surface area contributed by atoms with Gasteiger partial charge in [0.25, 0.3) is 0 Å². The second-order valence-corrected chi connectivity index (χ2v) is 9.01. The third kappa shape index (κ3) is 6.15. The Labute approximate surface area is 190 Å². The maximum atomic E-state index is 13.0. The number of hydrogen-bond acceptors (Lipinski definition) is 3. The zero-order chi connectivity index (χ0) is 24.3. The fraction of sp³-hybridized carbons (Fsp3) is 0.435. The van der Waals surface area contributed by atoms with Crippen molar-refractivity contribution in [2.75, 3.05) is 17.2 Å². The Balaban J connectivity index is 2.10. The van der Waals surface area contributed by atoms with Gasteiger partial charge < -0.3 is 20.8 Å². The Morgan fingerprint density at radius 1 is 1.03 bits per heavy atom.